The molecule has 0 unspecified atom stereocenters. The van der Waals surface area contributed by atoms with Crippen LogP contribution >= 0.6 is 0 Å². The molecule has 5 nitrogen and oxygen atoms in total. The molecule has 0 atom stereocenters. The Morgan fingerprint density at radius 3 is 2.62 bits per heavy atom. The van der Waals surface area contributed by atoms with Gasteiger partial charge < -0.3 is 5.32 Å². The van der Waals surface area contributed by atoms with E-state index in [0.29, 0.717) is 30.1 Å². The summed E-state index contributed by atoms with van der Waals surface area (Å²) in [7, 11) is 1.83. The van der Waals surface area contributed by atoms with E-state index in [0.717, 1.165) is 16.6 Å². The number of benzene rings is 1. The van der Waals surface area contributed by atoms with Crippen molar-refractivity contribution in [2.75, 3.05) is 5.32 Å². The summed E-state index contributed by atoms with van der Waals surface area (Å²) in [6, 6.07) is 12.0. The van der Waals surface area contributed by atoms with E-state index in [2.05, 4.69) is 15.3 Å². The number of fused-ring (bicyclic) bond motifs is 1. The highest BCUT2D eigenvalue weighted by Gasteiger charge is 2.12. The van der Waals surface area contributed by atoms with Crippen molar-refractivity contribution in [2.45, 2.75) is 33.8 Å². The molecule has 0 aliphatic rings. The predicted octanol–water partition coefficient (Wildman–Crippen LogP) is 2.11. The Labute approximate surface area is 142 Å². The maximum Gasteiger partial charge on any atom is 0.245 e. The van der Waals surface area contributed by atoms with Crippen molar-refractivity contribution in [1.82, 2.24) is 14.5 Å². The average Bonchev–Trinajstić information content (AvgIpc) is 2.60. The van der Waals surface area contributed by atoms with Gasteiger partial charge in [-0.25, -0.2) is 4.98 Å². The molecule has 0 saturated carbocycles. The molecule has 0 bridgehead atoms. The van der Waals surface area contributed by atoms with Gasteiger partial charge in [0.25, 0.3) is 0 Å². The summed E-state index contributed by atoms with van der Waals surface area (Å²) in [6.45, 7) is 6.99. The van der Waals surface area contributed by atoms with Gasteiger partial charge in [0.2, 0.25) is 11.5 Å². The minimum atomic E-state index is -0.0143. The molecule has 121 valence electrons. The van der Waals surface area contributed by atoms with Crippen LogP contribution in [0.25, 0.3) is 11.0 Å². The van der Waals surface area contributed by atoms with E-state index in [1.54, 1.807) is 4.57 Å². The first-order valence-corrected chi connectivity index (χ1v) is 8.13. The second-order valence-electron chi connectivity index (χ2n) is 5.65. The summed E-state index contributed by atoms with van der Waals surface area (Å²) in [6.07, 6.45) is 0. The minimum absolute atomic E-state index is 0.0143. The standard InChI is InChI=1S/C18H20BN4O/c1-4-23-16-14(10-15(19-3)17(23)24)12(2)21-18(22-16)20-11-13-8-6-5-7-9-13/h5-10H,4,11H2,1-3H3,(H,20,21,22). The highest BCUT2D eigenvalue weighted by atomic mass is 16.1. The third-order valence-corrected chi connectivity index (χ3v) is 4.08. The molecule has 0 spiro atoms. The predicted molar refractivity (Wildman–Crippen MR) is 99.2 cm³/mol. The molecule has 3 aromatic rings. The van der Waals surface area contributed by atoms with Crippen LogP contribution in [0.5, 0.6) is 0 Å². The Bertz CT molecular complexity index is 922. The van der Waals surface area contributed by atoms with Gasteiger partial charge in [0, 0.05) is 18.5 Å². The van der Waals surface area contributed by atoms with Crippen molar-refractivity contribution < 1.29 is 0 Å². The van der Waals surface area contributed by atoms with Gasteiger partial charge in [-0.2, -0.15) is 4.98 Å². The fourth-order valence-electron chi connectivity index (χ4n) is 2.77. The van der Waals surface area contributed by atoms with E-state index in [4.69, 9.17) is 0 Å². The number of nitrogens with zero attached hydrogens (tertiary/aromatic N) is 3. The Kier molecular flexibility index (Phi) is 4.65. The molecule has 0 aliphatic heterocycles. The van der Waals surface area contributed by atoms with E-state index in [-0.39, 0.29) is 5.56 Å². The summed E-state index contributed by atoms with van der Waals surface area (Å²) < 4.78 is 1.70. The number of anilines is 1. The molecular weight excluding hydrogens is 299 g/mol. The van der Waals surface area contributed by atoms with Crippen molar-refractivity contribution in [2.24, 2.45) is 0 Å². The summed E-state index contributed by atoms with van der Waals surface area (Å²) in [4.78, 5) is 21.6. The quantitative estimate of drug-likeness (QED) is 0.732. The number of hydrogen-bond acceptors (Lipinski definition) is 4. The van der Waals surface area contributed by atoms with Crippen LogP contribution in [0.15, 0.2) is 41.2 Å². The van der Waals surface area contributed by atoms with E-state index in [9.17, 15) is 4.79 Å². The van der Waals surface area contributed by atoms with Gasteiger partial charge in [0.05, 0.1) is 5.69 Å². The summed E-state index contributed by atoms with van der Waals surface area (Å²) in [5.74, 6) is 0.540. The molecule has 2 heterocycles. The number of rotatable bonds is 5. The zero-order valence-corrected chi connectivity index (χ0v) is 14.2. The molecule has 0 aliphatic carbocycles. The van der Waals surface area contributed by atoms with Crippen LogP contribution in [0.3, 0.4) is 0 Å². The third-order valence-electron chi connectivity index (χ3n) is 4.08. The Morgan fingerprint density at radius 1 is 1.21 bits per heavy atom. The maximum absolute atomic E-state index is 12.5. The van der Waals surface area contributed by atoms with Crippen LogP contribution in [0, 0.1) is 6.92 Å². The van der Waals surface area contributed by atoms with Gasteiger partial charge in [-0.15, -0.1) is 0 Å². The summed E-state index contributed by atoms with van der Waals surface area (Å²) in [5.41, 5.74) is 3.36. The van der Waals surface area contributed by atoms with Gasteiger partial charge in [-0.05, 0) is 24.9 Å². The highest BCUT2D eigenvalue weighted by Crippen LogP contribution is 2.15. The van der Waals surface area contributed by atoms with E-state index in [1.165, 1.54) is 0 Å². The number of hydrogen-bond donors (Lipinski definition) is 1. The largest absolute Gasteiger partial charge is 0.350 e. The van der Waals surface area contributed by atoms with Crippen molar-refractivity contribution >= 4 is 29.7 Å². The van der Waals surface area contributed by atoms with E-state index >= 15 is 0 Å². The first kappa shape index (κ1) is 16.2. The fraction of sp³-hybridized carbons (Fsp3) is 0.278. The van der Waals surface area contributed by atoms with Crippen molar-refractivity contribution in [3.63, 3.8) is 0 Å². The molecule has 1 N–H and O–H groups in total. The van der Waals surface area contributed by atoms with Crippen LogP contribution < -0.4 is 16.3 Å². The monoisotopic (exact) mass is 319 g/mol. The lowest BCUT2D eigenvalue weighted by molar-refractivity contribution is 0.752. The van der Waals surface area contributed by atoms with Crippen LogP contribution in [0.4, 0.5) is 5.95 Å². The number of aromatic nitrogens is 3. The van der Waals surface area contributed by atoms with Crippen molar-refractivity contribution in [1.29, 1.82) is 0 Å². The molecule has 0 fully saturated rings. The summed E-state index contributed by atoms with van der Waals surface area (Å²) >= 11 is 0. The molecule has 24 heavy (non-hydrogen) atoms. The topological polar surface area (TPSA) is 59.8 Å². The van der Waals surface area contributed by atoms with E-state index in [1.807, 2.05) is 64.3 Å². The number of nitrogens with one attached hydrogen (secondary N) is 1. The van der Waals surface area contributed by atoms with Crippen LogP contribution in [0.1, 0.15) is 18.2 Å². The molecule has 1 radical (unpaired) electrons. The molecule has 3 rings (SSSR count). The van der Waals surface area contributed by atoms with Gasteiger partial charge >= 0.3 is 0 Å². The van der Waals surface area contributed by atoms with Crippen LogP contribution in [-0.4, -0.2) is 21.8 Å². The molecule has 2 aromatic heterocycles. The lowest BCUT2D eigenvalue weighted by atomic mass is 9.73. The maximum atomic E-state index is 12.5. The number of aryl methyl sites for hydroxylation is 2. The van der Waals surface area contributed by atoms with Crippen LogP contribution in [-0.2, 0) is 13.1 Å². The van der Waals surface area contributed by atoms with Gasteiger partial charge in [-0.1, -0.05) is 43.2 Å². The van der Waals surface area contributed by atoms with Crippen molar-refractivity contribution in [3.05, 3.63) is 58.0 Å². The Balaban J connectivity index is 2.04. The van der Waals surface area contributed by atoms with Crippen molar-refractivity contribution in [3.8, 4) is 0 Å². The zero-order valence-electron chi connectivity index (χ0n) is 14.2. The molecule has 0 saturated heterocycles. The first-order chi connectivity index (χ1) is 11.6. The second kappa shape index (κ2) is 6.87. The normalized spacial score (nSPS) is 10.8. The SMILES string of the molecule is C[B]c1cc2c(C)nc(NCc3ccccc3)nc2n(CC)c1=O. The fourth-order valence-corrected chi connectivity index (χ4v) is 2.77. The van der Waals surface area contributed by atoms with Gasteiger partial charge in [0.15, 0.2) is 7.28 Å². The Morgan fingerprint density at radius 2 is 1.96 bits per heavy atom. The molecule has 0 amide bonds. The lowest BCUT2D eigenvalue weighted by Gasteiger charge is -2.13. The Hall–Kier alpha value is -2.63. The third kappa shape index (κ3) is 3.04. The highest BCUT2D eigenvalue weighted by molar-refractivity contribution is 6.52. The van der Waals surface area contributed by atoms with E-state index < -0.39 is 0 Å². The van der Waals surface area contributed by atoms with Gasteiger partial charge in [-0.3, -0.25) is 9.36 Å². The second-order valence-corrected chi connectivity index (χ2v) is 5.65. The minimum Gasteiger partial charge on any atom is -0.350 e. The molecule has 6 heteroatoms. The molecular formula is C18H20BN4O. The number of pyridine rings is 1. The average molecular weight is 319 g/mol. The van der Waals surface area contributed by atoms with Gasteiger partial charge in [0.1, 0.15) is 5.65 Å². The molecule has 1 aromatic carbocycles. The lowest BCUT2D eigenvalue weighted by Crippen LogP contribution is -2.37. The summed E-state index contributed by atoms with van der Waals surface area (Å²) in [5, 5.41) is 4.16. The zero-order chi connectivity index (χ0) is 17.1. The smallest absolute Gasteiger partial charge is 0.245 e. The van der Waals surface area contributed by atoms with Crippen LogP contribution in [0.2, 0.25) is 6.82 Å². The first-order valence-electron chi connectivity index (χ1n) is 8.13.